The van der Waals surface area contributed by atoms with Crippen LogP contribution in [0.25, 0.3) is 0 Å². The quantitative estimate of drug-likeness (QED) is 0.575. The van der Waals surface area contributed by atoms with Gasteiger partial charge in [-0.25, -0.2) is 4.79 Å². The van der Waals surface area contributed by atoms with E-state index in [-0.39, 0.29) is 0 Å². The third-order valence-electron chi connectivity index (χ3n) is 2.83. The molecule has 0 unspecified atom stereocenters. The van der Waals surface area contributed by atoms with Gasteiger partial charge in [-0.05, 0) is 30.9 Å². The highest BCUT2D eigenvalue weighted by Gasteiger charge is 2.07. The molecule has 94 valence electrons. The number of aryl methyl sites for hydroxylation is 1. The number of carbonyl (C=O) groups is 1. The lowest BCUT2D eigenvalue weighted by Gasteiger charge is -2.05. The molecule has 0 heterocycles. The Hall–Kier alpha value is -0.830. The Bertz CT molecular complexity index is 350. The standard InChI is InChI=1S/C14H19BrO2/c15-11-7-3-1-2-4-8-12-9-5-6-10-13(12)14(16)17/h5-6,9-10H,1-4,7-8,11H2,(H,16,17). The fourth-order valence-electron chi connectivity index (χ4n) is 1.89. The van der Waals surface area contributed by atoms with Gasteiger partial charge >= 0.3 is 5.97 Å². The van der Waals surface area contributed by atoms with Crippen molar-refractivity contribution in [2.75, 3.05) is 5.33 Å². The number of carboxylic acid groups (broad SMARTS) is 1. The van der Waals surface area contributed by atoms with Gasteiger partial charge in [0.15, 0.2) is 0 Å². The molecule has 1 rings (SSSR count). The van der Waals surface area contributed by atoms with Crippen LogP contribution in [0.3, 0.4) is 0 Å². The van der Waals surface area contributed by atoms with Gasteiger partial charge in [0.25, 0.3) is 0 Å². The van der Waals surface area contributed by atoms with E-state index in [1.165, 1.54) is 25.7 Å². The van der Waals surface area contributed by atoms with Gasteiger partial charge < -0.3 is 5.11 Å². The molecule has 0 radical (unpaired) electrons. The van der Waals surface area contributed by atoms with Crippen LogP contribution in [0.15, 0.2) is 24.3 Å². The minimum atomic E-state index is -0.820. The molecule has 2 nitrogen and oxygen atoms in total. The molecule has 17 heavy (non-hydrogen) atoms. The second-order valence-electron chi connectivity index (χ2n) is 4.17. The van der Waals surface area contributed by atoms with E-state index in [4.69, 9.17) is 5.11 Å². The zero-order chi connectivity index (χ0) is 12.5. The van der Waals surface area contributed by atoms with E-state index in [1.54, 1.807) is 12.1 Å². The topological polar surface area (TPSA) is 37.3 Å². The maximum absolute atomic E-state index is 11.0. The molecule has 0 amide bonds. The third kappa shape index (κ3) is 5.35. The first-order valence-corrected chi connectivity index (χ1v) is 7.25. The van der Waals surface area contributed by atoms with Crippen LogP contribution in [0.1, 0.15) is 48.0 Å². The molecule has 1 aromatic carbocycles. The monoisotopic (exact) mass is 298 g/mol. The minimum absolute atomic E-state index is 0.452. The van der Waals surface area contributed by atoms with Crippen molar-refractivity contribution in [3.63, 3.8) is 0 Å². The summed E-state index contributed by atoms with van der Waals surface area (Å²) in [6.45, 7) is 0. The van der Waals surface area contributed by atoms with Crippen molar-refractivity contribution in [2.24, 2.45) is 0 Å². The van der Waals surface area contributed by atoms with Gasteiger partial charge in [0.1, 0.15) is 0 Å². The van der Waals surface area contributed by atoms with Crippen molar-refractivity contribution in [3.05, 3.63) is 35.4 Å². The lowest BCUT2D eigenvalue weighted by atomic mass is 10.0. The Labute approximate surface area is 111 Å². The van der Waals surface area contributed by atoms with Crippen LogP contribution in [0, 0.1) is 0 Å². The second kappa shape index (κ2) is 8.29. The predicted octanol–water partition coefficient (Wildman–Crippen LogP) is 4.27. The largest absolute Gasteiger partial charge is 0.478 e. The smallest absolute Gasteiger partial charge is 0.335 e. The Morgan fingerprint density at radius 2 is 1.71 bits per heavy atom. The molecule has 0 aromatic heterocycles. The molecule has 1 N–H and O–H groups in total. The van der Waals surface area contributed by atoms with Crippen LogP contribution in [0.5, 0.6) is 0 Å². The zero-order valence-corrected chi connectivity index (χ0v) is 11.6. The van der Waals surface area contributed by atoms with E-state index in [0.717, 1.165) is 23.7 Å². The van der Waals surface area contributed by atoms with Crippen LogP contribution < -0.4 is 0 Å². The molecule has 0 aliphatic rings. The lowest BCUT2D eigenvalue weighted by molar-refractivity contribution is 0.0695. The van der Waals surface area contributed by atoms with Crippen LogP contribution in [-0.2, 0) is 6.42 Å². The summed E-state index contributed by atoms with van der Waals surface area (Å²) in [5, 5.41) is 10.1. The number of unbranched alkanes of at least 4 members (excludes halogenated alkanes) is 4. The van der Waals surface area contributed by atoms with Crippen molar-refractivity contribution in [1.29, 1.82) is 0 Å². The summed E-state index contributed by atoms with van der Waals surface area (Å²) in [7, 11) is 0. The number of alkyl halides is 1. The molecule has 3 heteroatoms. The summed E-state index contributed by atoms with van der Waals surface area (Å²) in [5.41, 5.74) is 1.41. The molecule has 0 atom stereocenters. The molecular weight excluding hydrogens is 280 g/mol. The molecular formula is C14H19BrO2. The van der Waals surface area contributed by atoms with Crippen LogP contribution >= 0.6 is 15.9 Å². The first kappa shape index (κ1) is 14.2. The Morgan fingerprint density at radius 3 is 2.41 bits per heavy atom. The number of benzene rings is 1. The molecule has 1 aromatic rings. The molecule has 0 bridgehead atoms. The van der Waals surface area contributed by atoms with Gasteiger partial charge in [0.2, 0.25) is 0 Å². The van der Waals surface area contributed by atoms with E-state index in [9.17, 15) is 4.79 Å². The number of aromatic carboxylic acids is 1. The number of hydrogen-bond donors (Lipinski definition) is 1. The van der Waals surface area contributed by atoms with Crippen molar-refractivity contribution in [1.82, 2.24) is 0 Å². The van der Waals surface area contributed by atoms with Crippen molar-refractivity contribution in [3.8, 4) is 0 Å². The molecule has 0 fully saturated rings. The highest BCUT2D eigenvalue weighted by atomic mass is 79.9. The first-order valence-electron chi connectivity index (χ1n) is 6.13. The Balaban J connectivity index is 2.34. The predicted molar refractivity (Wildman–Crippen MR) is 74.0 cm³/mol. The van der Waals surface area contributed by atoms with E-state index in [0.29, 0.717) is 5.56 Å². The molecule has 0 saturated carbocycles. The fraction of sp³-hybridized carbons (Fsp3) is 0.500. The molecule has 0 spiro atoms. The highest BCUT2D eigenvalue weighted by molar-refractivity contribution is 9.09. The van der Waals surface area contributed by atoms with Crippen molar-refractivity contribution < 1.29 is 9.90 Å². The zero-order valence-electron chi connectivity index (χ0n) is 9.99. The van der Waals surface area contributed by atoms with Gasteiger partial charge in [-0.3, -0.25) is 0 Å². The average molecular weight is 299 g/mol. The van der Waals surface area contributed by atoms with E-state index in [1.807, 2.05) is 12.1 Å². The van der Waals surface area contributed by atoms with E-state index >= 15 is 0 Å². The lowest BCUT2D eigenvalue weighted by Crippen LogP contribution is -2.02. The van der Waals surface area contributed by atoms with Crippen LogP contribution in [-0.4, -0.2) is 16.4 Å². The summed E-state index contributed by atoms with van der Waals surface area (Å²) < 4.78 is 0. The van der Waals surface area contributed by atoms with Gasteiger partial charge in [-0.1, -0.05) is 53.4 Å². The maximum Gasteiger partial charge on any atom is 0.335 e. The second-order valence-corrected chi connectivity index (χ2v) is 4.96. The summed E-state index contributed by atoms with van der Waals surface area (Å²) in [6, 6.07) is 7.29. The van der Waals surface area contributed by atoms with Crippen LogP contribution in [0.4, 0.5) is 0 Å². The SMILES string of the molecule is O=C(O)c1ccccc1CCCCCCCBr. The molecule has 0 saturated heterocycles. The summed E-state index contributed by atoms with van der Waals surface area (Å²) in [4.78, 5) is 11.0. The van der Waals surface area contributed by atoms with Crippen molar-refractivity contribution >= 4 is 21.9 Å². The molecule has 0 aliphatic heterocycles. The van der Waals surface area contributed by atoms with Gasteiger partial charge in [0, 0.05) is 5.33 Å². The number of carboxylic acids is 1. The number of halogens is 1. The number of rotatable bonds is 8. The summed E-state index contributed by atoms with van der Waals surface area (Å²) >= 11 is 3.42. The van der Waals surface area contributed by atoms with Gasteiger partial charge in [0.05, 0.1) is 5.56 Å². The van der Waals surface area contributed by atoms with E-state index < -0.39 is 5.97 Å². The molecule has 0 aliphatic carbocycles. The van der Waals surface area contributed by atoms with Crippen molar-refractivity contribution in [2.45, 2.75) is 38.5 Å². The van der Waals surface area contributed by atoms with Crippen LogP contribution in [0.2, 0.25) is 0 Å². The normalized spacial score (nSPS) is 10.4. The highest BCUT2D eigenvalue weighted by Crippen LogP contribution is 2.14. The third-order valence-corrected chi connectivity index (χ3v) is 3.39. The number of hydrogen-bond acceptors (Lipinski definition) is 1. The minimum Gasteiger partial charge on any atom is -0.478 e. The van der Waals surface area contributed by atoms with Gasteiger partial charge in [-0.2, -0.15) is 0 Å². The Kier molecular flexibility index (Phi) is 6.94. The van der Waals surface area contributed by atoms with Gasteiger partial charge in [-0.15, -0.1) is 0 Å². The maximum atomic E-state index is 11.0. The summed E-state index contributed by atoms with van der Waals surface area (Å²) in [5.74, 6) is -0.820. The fourth-order valence-corrected chi connectivity index (χ4v) is 2.28. The summed E-state index contributed by atoms with van der Waals surface area (Å²) in [6.07, 6.45) is 6.85. The first-order chi connectivity index (χ1) is 8.25. The Morgan fingerprint density at radius 1 is 1.06 bits per heavy atom. The van der Waals surface area contributed by atoms with E-state index in [2.05, 4.69) is 15.9 Å². The average Bonchev–Trinajstić information content (AvgIpc) is 2.34.